The molecule has 2 aliphatic rings. The van der Waals surface area contributed by atoms with E-state index in [0.717, 1.165) is 21.9 Å². The van der Waals surface area contributed by atoms with Crippen LogP contribution in [0.25, 0.3) is 0 Å². The van der Waals surface area contributed by atoms with Crippen molar-refractivity contribution in [1.82, 2.24) is 15.3 Å². The van der Waals surface area contributed by atoms with Gasteiger partial charge in [-0.25, -0.2) is 4.39 Å². The fraction of sp³-hybridized carbons (Fsp3) is 0.417. The highest BCUT2D eigenvalue weighted by atomic mass is 35.5. The molecule has 2 aliphatic heterocycles. The van der Waals surface area contributed by atoms with Gasteiger partial charge in [-0.3, -0.25) is 14.4 Å². The van der Waals surface area contributed by atoms with Crippen molar-refractivity contribution in [3.05, 3.63) is 68.4 Å². The van der Waals surface area contributed by atoms with Crippen molar-refractivity contribution in [1.29, 1.82) is 0 Å². The Hall–Kier alpha value is -2.61. The largest absolute Gasteiger partial charge is 0.423 e. The van der Waals surface area contributed by atoms with Crippen LogP contribution in [0, 0.1) is 12.7 Å². The molecule has 6 nitrogen and oxygen atoms in total. The maximum atomic E-state index is 14.3. The quantitative estimate of drug-likeness (QED) is 0.334. The van der Waals surface area contributed by atoms with E-state index in [1.54, 1.807) is 0 Å². The zero-order valence-electron chi connectivity index (χ0n) is 20.0. The summed E-state index contributed by atoms with van der Waals surface area (Å²) in [5.74, 6) is -2.31. The van der Waals surface area contributed by atoms with Gasteiger partial charge in [0.2, 0.25) is 11.5 Å². The minimum absolute atomic E-state index is 0.127. The van der Waals surface area contributed by atoms with Gasteiger partial charge < -0.3 is 9.80 Å². The van der Waals surface area contributed by atoms with Gasteiger partial charge in [0.05, 0.1) is 29.2 Å². The second-order valence-electron chi connectivity index (χ2n) is 9.30. The van der Waals surface area contributed by atoms with Gasteiger partial charge in [0.25, 0.3) is 5.91 Å². The number of carbonyl (C=O) groups is 2. The van der Waals surface area contributed by atoms with Gasteiger partial charge in [-0.15, -0.1) is 0 Å². The maximum absolute atomic E-state index is 14.3. The summed E-state index contributed by atoms with van der Waals surface area (Å²) in [6, 6.07) is 4.80. The molecule has 2 aromatic carbocycles. The van der Waals surface area contributed by atoms with E-state index in [9.17, 15) is 40.3 Å². The van der Waals surface area contributed by atoms with Crippen LogP contribution in [0.2, 0.25) is 10.0 Å². The zero-order chi connectivity index (χ0) is 28.9. The molecule has 0 saturated carbocycles. The zero-order valence-corrected chi connectivity index (χ0v) is 21.5. The summed E-state index contributed by atoms with van der Waals surface area (Å²) in [5, 5.41) is -1.21. The highest BCUT2D eigenvalue weighted by Crippen LogP contribution is 2.52. The second kappa shape index (κ2) is 10.4. The Labute approximate surface area is 227 Å². The molecule has 0 radical (unpaired) electrons. The molecule has 2 amide bonds. The van der Waals surface area contributed by atoms with Crippen LogP contribution in [-0.4, -0.2) is 53.7 Å². The molecule has 0 aliphatic carbocycles. The van der Waals surface area contributed by atoms with Gasteiger partial charge in [0, 0.05) is 18.5 Å². The van der Waals surface area contributed by atoms with Crippen LogP contribution in [0.1, 0.15) is 45.9 Å². The number of nitrogens with zero attached hydrogens (tertiary/aromatic N) is 2. The molecule has 1 N–H and O–H groups in total. The Morgan fingerprint density at radius 2 is 1.77 bits per heavy atom. The molecule has 2 unspecified atom stereocenters. The number of aryl methyl sites for hydroxylation is 1. The summed E-state index contributed by atoms with van der Waals surface area (Å²) in [4.78, 5) is 32.2. The lowest BCUT2D eigenvalue weighted by molar-refractivity contribution is -0.282. The fourth-order valence-corrected chi connectivity index (χ4v) is 5.02. The Morgan fingerprint density at radius 3 is 2.33 bits per heavy atom. The number of nitrogens with one attached hydrogen (secondary N) is 1. The lowest BCUT2D eigenvalue weighted by Gasteiger charge is -2.30. The Kier molecular flexibility index (Phi) is 7.85. The molecule has 0 aromatic heterocycles. The van der Waals surface area contributed by atoms with E-state index >= 15 is 0 Å². The van der Waals surface area contributed by atoms with E-state index in [2.05, 4.69) is 5.48 Å². The first-order valence-corrected chi connectivity index (χ1v) is 12.2. The van der Waals surface area contributed by atoms with Crippen molar-refractivity contribution >= 4 is 35.0 Å². The summed E-state index contributed by atoms with van der Waals surface area (Å²) in [6.07, 6.45) is -11.3. The number of halogens is 9. The van der Waals surface area contributed by atoms with Gasteiger partial charge in [-0.2, -0.15) is 31.8 Å². The first-order chi connectivity index (χ1) is 18.0. The molecule has 2 saturated heterocycles. The summed E-state index contributed by atoms with van der Waals surface area (Å²) in [6.45, 7) is 0.238. The van der Waals surface area contributed by atoms with Crippen LogP contribution in [0.5, 0.6) is 0 Å². The average molecular weight is 602 g/mol. The van der Waals surface area contributed by atoms with E-state index in [4.69, 9.17) is 28.0 Å². The molecule has 15 heteroatoms. The maximum Gasteiger partial charge on any atom is 0.423 e. The van der Waals surface area contributed by atoms with Gasteiger partial charge >= 0.3 is 12.4 Å². The third kappa shape index (κ3) is 5.81. The van der Waals surface area contributed by atoms with Crippen molar-refractivity contribution in [2.75, 3.05) is 19.8 Å². The Balaban J connectivity index is 1.53. The minimum Gasteiger partial charge on any atom is -0.323 e. The predicted molar refractivity (Wildman–Crippen MR) is 125 cm³/mol. The Bertz CT molecular complexity index is 1280. The van der Waals surface area contributed by atoms with Crippen LogP contribution in [0.15, 0.2) is 30.3 Å². The van der Waals surface area contributed by atoms with E-state index in [-0.39, 0.29) is 12.2 Å². The third-order valence-corrected chi connectivity index (χ3v) is 7.18. The first-order valence-electron chi connectivity index (χ1n) is 11.4. The minimum atomic E-state index is -4.95. The fourth-order valence-electron chi connectivity index (χ4n) is 4.54. The number of hydrogen-bond acceptors (Lipinski definition) is 4. The molecular weight excluding hydrogens is 582 g/mol. The summed E-state index contributed by atoms with van der Waals surface area (Å²) in [5.41, 5.74) is -0.236. The van der Waals surface area contributed by atoms with Crippen molar-refractivity contribution in [2.24, 2.45) is 0 Å². The lowest BCUT2D eigenvalue weighted by atomic mass is 9.85. The van der Waals surface area contributed by atoms with E-state index in [0.29, 0.717) is 11.1 Å². The highest BCUT2D eigenvalue weighted by Gasteiger charge is 2.62. The predicted octanol–water partition coefficient (Wildman–Crippen LogP) is 6.06. The number of hydroxylamine groups is 1. The summed E-state index contributed by atoms with van der Waals surface area (Å²) < 4.78 is 94.2. The van der Waals surface area contributed by atoms with Gasteiger partial charge in [-0.1, -0.05) is 35.3 Å². The molecule has 2 fully saturated rings. The van der Waals surface area contributed by atoms with Crippen molar-refractivity contribution < 1.29 is 45.2 Å². The smallest absolute Gasteiger partial charge is 0.323 e. The molecule has 2 heterocycles. The van der Waals surface area contributed by atoms with Crippen LogP contribution in [0.3, 0.4) is 0 Å². The van der Waals surface area contributed by atoms with Crippen molar-refractivity contribution in [3.8, 4) is 0 Å². The third-order valence-electron chi connectivity index (χ3n) is 6.63. The number of carbonyl (C=O) groups excluding carboxylic acids is 2. The molecule has 39 heavy (non-hydrogen) atoms. The monoisotopic (exact) mass is 601 g/mol. The average Bonchev–Trinajstić information content (AvgIpc) is 3.45. The number of hydrogen-bond donors (Lipinski definition) is 1. The topological polar surface area (TPSA) is 61.9 Å². The second-order valence-corrected chi connectivity index (χ2v) is 10.1. The normalized spacial score (nSPS) is 22.2. The van der Waals surface area contributed by atoms with Crippen LogP contribution >= 0.6 is 23.2 Å². The molecule has 0 bridgehead atoms. The van der Waals surface area contributed by atoms with Crippen LogP contribution < -0.4 is 5.48 Å². The molecular formula is C24H20Cl2F7N3O3. The van der Waals surface area contributed by atoms with Crippen molar-refractivity contribution in [3.63, 3.8) is 0 Å². The van der Waals surface area contributed by atoms with Crippen LogP contribution in [-0.2, 0) is 15.2 Å². The van der Waals surface area contributed by atoms with Gasteiger partial charge in [0.15, 0.2) is 5.82 Å². The summed E-state index contributed by atoms with van der Waals surface area (Å²) >= 11 is 11.5. The lowest BCUT2D eigenvalue weighted by Crippen LogP contribution is -2.42. The summed E-state index contributed by atoms with van der Waals surface area (Å²) in [7, 11) is 0. The standard InChI is InChI=1S/C24H20Cl2F7N3O3/c1-12-6-13(2-3-15(12)21(38)36-10-19(37)35(11-36)5-4-23(28,29)30)18-9-22(39-34-18,24(31,32)33)14-7-16(25)20(27)17(26)8-14/h2-3,6-8,18,34H,4-5,9-11H2,1H3. The SMILES string of the molecule is Cc1cc(C2CC(c3cc(Cl)c(F)c(Cl)c3)(C(F)(F)F)ON2)ccc1C(=O)N1CC(=O)N(CCC(F)(F)F)C1. The van der Waals surface area contributed by atoms with Crippen molar-refractivity contribution in [2.45, 2.75) is 43.8 Å². The van der Waals surface area contributed by atoms with E-state index in [1.807, 2.05) is 0 Å². The molecule has 2 aromatic rings. The van der Waals surface area contributed by atoms with E-state index < -0.39 is 83.2 Å². The van der Waals surface area contributed by atoms with Gasteiger partial charge in [-0.05, 0) is 41.8 Å². The molecule has 2 atom stereocenters. The highest BCUT2D eigenvalue weighted by molar-refractivity contribution is 6.35. The number of alkyl halides is 6. The van der Waals surface area contributed by atoms with Gasteiger partial charge in [0.1, 0.15) is 6.54 Å². The molecule has 212 valence electrons. The van der Waals surface area contributed by atoms with E-state index in [1.165, 1.54) is 25.1 Å². The molecule has 0 spiro atoms. The van der Waals surface area contributed by atoms with Crippen LogP contribution in [0.4, 0.5) is 30.7 Å². The molecule has 4 rings (SSSR count). The Morgan fingerprint density at radius 1 is 1.13 bits per heavy atom. The number of rotatable bonds is 5. The first kappa shape index (κ1) is 29.4. The number of amides is 2. The number of benzene rings is 2.